The first-order valence-electron chi connectivity index (χ1n) is 9.90. The Kier molecular flexibility index (Phi) is 6.87. The largest absolute Gasteiger partial charge is 0.497 e. The van der Waals surface area contributed by atoms with Crippen molar-refractivity contribution < 1.29 is 27.6 Å². The van der Waals surface area contributed by atoms with Gasteiger partial charge in [-0.05, 0) is 30.3 Å². The van der Waals surface area contributed by atoms with Crippen LogP contribution in [-0.2, 0) is 17.5 Å². The summed E-state index contributed by atoms with van der Waals surface area (Å²) < 4.78 is 44.1. The highest BCUT2D eigenvalue weighted by molar-refractivity contribution is 5.77. The molecular weight excluding hydrogens is 395 g/mol. The van der Waals surface area contributed by atoms with Crippen molar-refractivity contribution in [2.24, 2.45) is 0 Å². The van der Waals surface area contributed by atoms with Gasteiger partial charge < -0.3 is 19.4 Å². The minimum atomic E-state index is -4.36. The van der Waals surface area contributed by atoms with E-state index >= 15 is 0 Å². The van der Waals surface area contributed by atoms with Crippen molar-refractivity contribution in [2.75, 3.05) is 51.8 Å². The minimum absolute atomic E-state index is 0.0547. The Labute approximate surface area is 174 Å². The molecule has 0 aromatic heterocycles. The molecule has 0 radical (unpaired) electrons. The third-order valence-corrected chi connectivity index (χ3v) is 5.26. The fraction of sp³-hybridized carbons (Fsp3) is 0.409. The summed E-state index contributed by atoms with van der Waals surface area (Å²) in [7, 11) is 3.59. The van der Waals surface area contributed by atoms with Crippen LogP contribution in [0, 0.1) is 0 Å². The van der Waals surface area contributed by atoms with Crippen LogP contribution in [0.15, 0.2) is 48.5 Å². The number of amides is 1. The molecule has 1 fully saturated rings. The van der Waals surface area contributed by atoms with Crippen LogP contribution in [0.25, 0.3) is 0 Å². The number of nitrogens with zero attached hydrogens (tertiary/aromatic N) is 2. The van der Waals surface area contributed by atoms with Gasteiger partial charge in [-0.25, -0.2) is 0 Å². The number of carbonyl (C=O) groups excluding carboxylic acids is 1. The van der Waals surface area contributed by atoms with Crippen LogP contribution in [0.5, 0.6) is 5.75 Å². The quantitative estimate of drug-likeness (QED) is 0.775. The molecule has 162 valence electrons. The van der Waals surface area contributed by atoms with E-state index in [2.05, 4.69) is 0 Å². The van der Waals surface area contributed by atoms with Crippen LogP contribution < -0.4 is 14.5 Å². The van der Waals surface area contributed by atoms with E-state index in [1.54, 1.807) is 18.1 Å². The van der Waals surface area contributed by atoms with E-state index in [4.69, 9.17) is 4.74 Å². The zero-order valence-corrected chi connectivity index (χ0v) is 17.2. The molecule has 8 heteroatoms. The molecule has 1 saturated heterocycles. The van der Waals surface area contributed by atoms with Gasteiger partial charge in [-0.1, -0.05) is 18.2 Å². The lowest BCUT2D eigenvalue weighted by Gasteiger charge is -2.36. The Hall–Kier alpha value is -2.74. The number of hydrogen-bond acceptors (Lipinski definition) is 3. The van der Waals surface area contributed by atoms with Crippen LogP contribution >= 0.6 is 0 Å². The van der Waals surface area contributed by atoms with Gasteiger partial charge >= 0.3 is 6.18 Å². The lowest BCUT2D eigenvalue weighted by atomic mass is 10.1. The molecule has 1 atom stereocenters. The lowest BCUT2D eigenvalue weighted by molar-refractivity contribution is -0.885. The van der Waals surface area contributed by atoms with Crippen molar-refractivity contribution in [1.82, 2.24) is 4.90 Å². The first-order valence-corrected chi connectivity index (χ1v) is 9.90. The normalized spacial score (nSPS) is 15.8. The third-order valence-electron chi connectivity index (χ3n) is 5.26. The zero-order chi connectivity index (χ0) is 21.7. The summed E-state index contributed by atoms with van der Waals surface area (Å²) in [6.07, 6.45) is -4.36. The molecule has 2 aromatic rings. The van der Waals surface area contributed by atoms with E-state index in [-0.39, 0.29) is 5.91 Å². The number of rotatable bonds is 6. The molecule has 1 unspecified atom stereocenters. The van der Waals surface area contributed by atoms with E-state index in [0.717, 1.165) is 22.3 Å². The summed E-state index contributed by atoms with van der Waals surface area (Å²) in [6, 6.07) is 13.1. The summed E-state index contributed by atoms with van der Waals surface area (Å²) in [6.45, 7) is 3.10. The highest BCUT2D eigenvalue weighted by atomic mass is 19.4. The van der Waals surface area contributed by atoms with E-state index in [9.17, 15) is 18.0 Å². The van der Waals surface area contributed by atoms with Gasteiger partial charge in [0.1, 0.15) is 12.3 Å². The van der Waals surface area contributed by atoms with Crippen molar-refractivity contribution in [3.8, 4) is 5.75 Å². The molecule has 3 rings (SSSR count). The Morgan fingerprint density at radius 2 is 1.77 bits per heavy atom. The van der Waals surface area contributed by atoms with Crippen LogP contribution in [0.4, 0.5) is 18.9 Å². The molecule has 5 nitrogen and oxygen atoms in total. The number of methoxy groups -OCH3 is 1. The smallest absolute Gasteiger partial charge is 0.416 e. The van der Waals surface area contributed by atoms with Crippen molar-refractivity contribution in [2.45, 2.75) is 12.7 Å². The second-order valence-corrected chi connectivity index (χ2v) is 7.58. The van der Waals surface area contributed by atoms with Crippen LogP contribution in [0.2, 0.25) is 0 Å². The molecule has 30 heavy (non-hydrogen) atoms. The first-order chi connectivity index (χ1) is 14.3. The number of nitrogens with one attached hydrogen (secondary N) is 1. The highest BCUT2D eigenvalue weighted by Crippen LogP contribution is 2.31. The molecule has 0 saturated carbocycles. The molecule has 1 aliphatic heterocycles. The number of likely N-dealkylation sites (N-methyl/N-ethyl adjacent to an activating group) is 1. The van der Waals surface area contributed by atoms with Crippen LogP contribution in [-0.4, -0.2) is 57.7 Å². The van der Waals surface area contributed by atoms with Gasteiger partial charge in [-0.15, -0.1) is 0 Å². The van der Waals surface area contributed by atoms with Gasteiger partial charge in [-0.3, -0.25) is 4.79 Å². The average molecular weight is 422 g/mol. The third kappa shape index (κ3) is 5.66. The Bertz CT molecular complexity index is 865. The molecule has 1 heterocycles. The van der Waals surface area contributed by atoms with Crippen LogP contribution in [0.1, 0.15) is 11.1 Å². The second kappa shape index (κ2) is 9.38. The fourth-order valence-corrected chi connectivity index (χ4v) is 3.66. The van der Waals surface area contributed by atoms with Gasteiger partial charge in [0.25, 0.3) is 5.91 Å². The van der Waals surface area contributed by atoms with Crippen molar-refractivity contribution in [3.05, 3.63) is 59.7 Å². The molecule has 1 aliphatic rings. The molecule has 2 aromatic carbocycles. The SMILES string of the molecule is COc1cccc(C[NH+](C)CC(=O)N2CCN(c3cccc(C(F)(F)F)c3)CC2)c1. The van der Waals surface area contributed by atoms with E-state index in [1.165, 1.54) is 12.1 Å². The van der Waals surface area contributed by atoms with Crippen molar-refractivity contribution >= 4 is 11.6 Å². The van der Waals surface area contributed by atoms with Gasteiger partial charge in [0, 0.05) is 37.4 Å². The van der Waals surface area contributed by atoms with Gasteiger partial charge in [0.15, 0.2) is 6.54 Å². The molecule has 0 bridgehead atoms. The Morgan fingerprint density at radius 1 is 1.07 bits per heavy atom. The molecule has 0 aliphatic carbocycles. The number of benzene rings is 2. The predicted molar refractivity (Wildman–Crippen MR) is 109 cm³/mol. The molecular formula is C22H27F3N3O2+. The topological polar surface area (TPSA) is 37.2 Å². The maximum absolute atomic E-state index is 12.9. The van der Waals surface area contributed by atoms with Crippen molar-refractivity contribution in [3.63, 3.8) is 0 Å². The van der Waals surface area contributed by atoms with Crippen LogP contribution in [0.3, 0.4) is 0 Å². The summed E-state index contributed by atoms with van der Waals surface area (Å²) in [4.78, 5) is 17.4. The predicted octanol–water partition coefficient (Wildman–Crippen LogP) is 2.08. The number of carbonyl (C=O) groups is 1. The Morgan fingerprint density at radius 3 is 2.43 bits per heavy atom. The summed E-state index contributed by atoms with van der Waals surface area (Å²) in [5.41, 5.74) is 0.980. The molecule has 1 N–H and O–H groups in total. The summed E-state index contributed by atoms with van der Waals surface area (Å²) in [5.74, 6) is 0.844. The monoisotopic (exact) mass is 422 g/mol. The van der Waals surface area contributed by atoms with E-state index in [0.29, 0.717) is 45.0 Å². The lowest BCUT2D eigenvalue weighted by Crippen LogP contribution is -3.09. The standard InChI is InChI=1S/C22H26F3N3O2/c1-26(15-17-5-3-8-20(13-17)30-2)16-21(29)28-11-9-27(10-12-28)19-7-4-6-18(14-19)22(23,24)25/h3-8,13-14H,9-12,15-16H2,1-2H3/p+1. The highest BCUT2D eigenvalue weighted by Gasteiger charge is 2.31. The Balaban J connectivity index is 1.51. The van der Waals surface area contributed by atoms with Crippen molar-refractivity contribution in [1.29, 1.82) is 0 Å². The summed E-state index contributed by atoms with van der Waals surface area (Å²) >= 11 is 0. The first kappa shape index (κ1) is 22.0. The molecule has 1 amide bonds. The number of anilines is 1. The average Bonchev–Trinajstić information content (AvgIpc) is 2.73. The minimum Gasteiger partial charge on any atom is -0.497 e. The number of hydrogen-bond donors (Lipinski definition) is 1. The number of halogens is 3. The number of piperazine rings is 1. The molecule has 0 spiro atoms. The van der Waals surface area contributed by atoms with Gasteiger partial charge in [-0.2, -0.15) is 13.2 Å². The number of ether oxygens (including phenoxy) is 1. The maximum atomic E-state index is 12.9. The number of quaternary nitrogens is 1. The van der Waals surface area contributed by atoms with E-state index < -0.39 is 11.7 Å². The zero-order valence-electron chi connectivity index (χ0n) is 17.2. The fourth-order valence-electron chi connectivity index (χ4n) is 3.66. The van der Waals surface area contributed by atoms with Gasteiger partial charge in [0.05, 0.1) is 19.7 Å². The van der Waals surface area contributed by atoms with Gasteiger partial charge in [0.2, 0.25) is 0 Å². The maximum Gasteiger partial charge on any atom is 0.416 e. The summed E-state index contributed by atoms with van der Waals surface area (Å²) in [5, 5.41) is 0. The van der Waals surface area contributed by atoms with E-state index in [1.807, 2.05) is 36.2 Å². The second-order valence-electron chi connectivity index (χ2n) is 7.58. The number of alkyl halides is 3.